The molecule has 0 bridgehead atoms. The van der Waals surface area contributed by atoms with E-state index in [1.807, 2.05) is 6.92 Å². The maximum absolute atomic E-state index is 13.3. The first-order valence-corrected chi connectivity index (χ1v) is 11.7. The van der Waals surface area contributed by atoms with E-state index in [-0.39, 0.29) is 16.5 Å². The largest absolute Gasteiger partial charge is 0.464 e. The zero-order valence-corrected chi connectivity index (χ0v) is 19.4. The first-order chi connectivity index (χ1) is 16.3. The number of nitrogens with one attached hydrogen (secondary N) is 1. The minimum Gasteiger partial charge on any atom is -0.464 e. The van der Waals surface area contributed by atoms with Gasteiger partial charge in [0.15, 0.2) is 11.3 Å². The van der Waals surface area contributed by atoms with Gasteiger partial charge in [0.05, 0.1) is 23.2 Å². The van der Waals surface area contributed by atoms with Crippen molar-refractivity contribution in [3.63, 3.8) is 0 Å². The van der Waals surface area contributed by atoms with Gasteiger partial charge in [-0.3, -0.25) is 0 Å². The molecule has 0 saturated carbocycles. The van der Waals surface area contributed by atoms with Crippen molar-refractivity contribution in [1.29, 1.82) is 0 Å². The van der Waals surface area contributed by atoms with Gasteiger partial charge in [-0.2, -0.15) is 22.6 Å². The number of hydrogen-bond donors (Lipinski definition) is 1. The summed E-state index contributed by atoms with van der Waals surface area (Å²) in [7, 11) is -2.60. The molecule has 1 N–H and O–H groups in total. The van der Waals surface area contributed by atoms with Crippen LogP contribution in [0.2, 0.25) is 0 Å². The molecule has 0 saturated heterocycles. The number of methoxy groups -OCH3 is 1. The van der Waals surface area contributed by atoms with Crippen LogP contribution in [-0.4, -0.2) is 45.3 Å². The normalized spacial score (nSPS) is 11.7. The van der Waals surface area contributed by atoms with Gasteiger partial charge in [-0.25, -0.2) is 9.31 Å². The Balaban J connectivity index is 1.56. The smallest absolute Gasteiger partial charge is 0.356 e. The van der Waals surface area contributed by atoms with E-state index < -0.39 is 16.0 Å². The minimum absolute atomic E-state index is 0.151. The molecular formula is C23H20N6O4S. The highest BCUT2D eigenvalue weighted by atomic mass is 32.2. The zero-order chi connectivity index (χ0) is 24.0. The molecule has 5 rings (SSSR count). The van der Waals surface area contributed by atoms with Crippen molar-refractivity contribution in [2.24, 2.45) is 0 Å². The zero-order valence-electron chi connectivity index (χ0n) is 18.6. The maximum atomic E-state index is 13.3. The fraction of sp³-hybridized carbons (Fsp3) is 0.130. The summed E-state index contributed by atoms with van der Waals surface area (Å²) >= 11 is 0. The van der Waals surface area contributed by atoms with E-state index in [9.17, 15) is 13.2 Å². The number of aryl methyl sites for hydroxylation is 2. The fourth-order valence-electron chi connectivity index (χ4n) is 3.66. The van der Waals surface area contributed by atoms with Crippen molar-refractivity contribution in [3.05, 3.63) is 77.6 Å². The van der Waals surface area contributed by atoms with E-state index in [0.717, 1.165) is 9.65 Å². The predicted octanol–water partition coefficient (Wildman–Crippen LogP) is 3.46. The summed E-state index contributed by atoms with van der Waals surface area (Å²) in [5.41, 5.74) is 3.21. The third kappa shape index (κ3) is 3.55. The lowest BCUT2D eigenvalue weighted by atomic mass is 10.2. The molecule has 0 amide bonds. The van der Waals surface area contributed by atoms with E-state index in [1.165, 1.54) is 11.6 Å². The van der Waals surface area contributed by atoms with Crippen LogP contribution in [0.15, 0.2) is 65.6 Å². The van der Waals surface area contributed by atoms with Gasteiger partial charge in [0, 0.05) is 11.1 Å². The second kappa shape index (κ2) is 7.96. The summed E-state index contributed by atoms with van der Waals surface area (Å²) in [5.74, 6) is -0.302. The minimum atomic E-state index is -3.90. The van der Waals surface area contributed by atoms with Gasteiger partial charge in [-0.05, 0) is 56.3 Å². The molecule has 172 valence electrons. The van der Waals surface area contributed by atoms with Crippen LogP contribution >= 0.6 is 0 Å². The van der Waals surface area contributed by atoms with Gasteiger partial charge in [0.1, 0.15) is 0 Å². The number of nitrogens with zero attached hydrogens (tertiary/aromatic N) is 5. The van der Waals surface area contributed by atoms with Crippen molar-refractivity contribution >= 4 is 44.2 Å². The molecule has 0 radical (unpaired) electrons. The molecule has 3 heterocycles. The van der Waals surface area contributed by atoms with Gasteiger partial charge in [0.2, 0.25) is 5.95 Å². The van der Waals surface area contributed by atoms with E-state index >= 15 is 0 Å². The van der Waals surface area contributed by atoms with Crippen LogP contribution in [0.1, 0.15) is 21.7 Å². The van der Waals surface area contributed by atoms with E-state index in [0.29, 0.717) is 27.9 Å². The lowest BCUT2D eigenvalue weighted by molar-refractivity contribution is 0.0591. The lowest BCUT2D eigenvalue weighted by Crippen LogP contribution is -2.14. The molecule has 0 aliphatic heterocycles. The summed E-state index contributed by atoms with van der Waals surface area (Å²) in [6, 6.07) is 16.8. The molecule has 0 fully saturated rings. The number of carbonyl (C=O) groups excluding carboxylic acids is 1. The van der Waals surface area contributed by atoms with Gasteiger partial charge in [-0.1, -0.05) is 23.8 Å². The van der Waals surface area contributed by atoms with Crippen molar-refractivity contribution in [1.82, 2.24) is 23.8 Å². The topological polar surface area (TPSA) is 120 Å². The summed E-state index contributed by atoms with van der Waals surface area (Å²) in [6.45, 7) is 3.65. The number of aromatic nitrogens is 5. The van der Waals surface area contributed by atoms with Crippen LogP contribution in [0.25, 0.3) is 16.6 Å². The average molecular weight is 477 g/mol. The van der Waals surface area contributed by atoms with Gasteiger partial charge < -0.3 is 10.1 Å². The third-order valence-corrected chi connectivity index (χ3v) is 6.99. The Bertz CT molecular complexity index is 1670. The number of pyridine rings is 1. The molecule has 0 aliphatic carbocycles. The predicted molar refractivity (Wildman–Crippen MR) is 126 cm³/mol. The van der Waals surface area contributed by atoms with Crippen LogP contribution in [0.3, 0.4) is 0 Å². The van der Waals surface area contributed by atoms with Crippen molar-refractivity contribution in [2.45, 2.75) is 18.7 Å². The fourth-order valence-corrected chi connectivity index (χ4v) is 4.98. The van der Waals surface area contributed by atoms with Crippen molar-refractivity contribution in [3.8, 4) is 0 Å². The number of ether oxygens (including phenoxy) is 1. The maximum Gasteiger partial charge on any atom is 0.356 e. The molecule has 3 aromatic heterocycles. The summed E-state index contributed by atoms with van der Waals surface area (Å²) in [5, 5.41) is 12.4. The van der Waals surface area contributed by atoms with Crippen molar-refractivity contribution in [2.75, 3.05) is 12.4 Å². The molecule has 2 aromatic carbocycles. The molecule has 34 heavy (non-hydrogen) atoms. The van der Waals surface area contributed by atoms with E-state index in [1.54, 1.807) is 67.6 Å². The Morgan fingerprint density at radius 2 is 1.76 bits per heavy atom. The van der Waals surface area contributed by atoms with Crippen LogP contribution in [0.5, 0.6) is 0 Å². The molecule has 0 unspecified atom stereocenters. The van der Waals surface area contributed by atoms with E-state index in [4.69, 9.17) is 4.74 Å². The van der Waals surface area contributed by atoms with Crippen LogP contribution in [0.4, 0.5) is 11.6 Å². The van der Waals surface area contributed by atoms with Gasteiger partial charge >= 0.3 is 5.97 Å². The average Bonchev–Trinajstić information content (AvgIpc) is 3.39. The van der Waals surface area contributed by atoms with Gasteiger partial charge in [-0.15, -0.1) is 5.10 Å². The number of benzene rings is 2. The number of anilines is 2. The molecule has 11 heteroatoms. The number of hydrogen-bond acceptors (Lipinski definition) is 8. The summed E-state index contributed by atoms with van der Waals surface area (Å²) < 4.78 is 33.8. The molecule has 0 aliphatic rings. The Labute approximate surface area is 194 Å². The second-order valence-electron chi connectivity index (χ2n) is 7.71. The van der Waals surface area contributed by atoms with Crippen molar-refractivity contribution < 1.29 is 17.9 Å². The molecule has 10 nitrogen and oxygen atoms in total. The van der Waals surface area contributed by atoms with Crippen LogP contribution < -0.4 is 5.32 Å². The highest BCUT2D eigenvalue weighted by molar-refractivity contribution is 7.90. The molecular weight excluding hydrogens is 456 g/mol. The van der Waals surface area contributed by atoms with Crippen LogP contribution in [0, 0.1) is 13.8 Å². The molecule has 5 aromatic rings. The Morgan fingerprint density at radius 3 is 2.50 bits per heavy atom. The Hall–Kier alpha value is -4.25. The SMILES string of the molecule is COC(=O)c1cccc2nc(Nc3ccc4c(C)nn(S(=O)(=O)c5ccc(C)cc5)c4c3)nn12. The number of esters is 1. The third-order valence-electron chi connectivity index (χ3n) is 5.39. The number of rotatable bonds is 5. The Morgan fingerprint density at radius 1 is 1.00 bits per heavy atom. The lowest BCUT2D eigenvalue weighted by Gasteiger charge is -2.07. The summed E-state index contributed by atoms with van der Waals surface area (Å²) in [6.07, 6.45) is 0. The quantitative estimate of drug-likeness (QED) is 0.383. The standard InChI is InChI=1S/C23H20N6O4S/c1-14-7-10-17(11-8-14)34(31,32)29-20-13-16(9-12-18(20)15(2)26-29)24-23-25-21-6-4-5-19(22(30)33-3)28(21)27-23/h4-13H,1-3H3,(H,24,27). The molecule has 0 spiro atoms. The van der Waals surface area contributed by atoms with Gasteiger partial charge in [0.25, 0.3) is 10.0 Å². The second-order valence-corrected chi connectivity index (χ2v) is 9.48. The van der Waals surface area contributed by atoms with E-state index in [2.05, 4.69) is 20.5 Å². The molecule has 0 atom stereocenters. The summed E-state index contributed by atoms with van der Waals surface area (Å²) in [4.78, 5) is 16.6. The van der Waals surface area contributed by atoms with Crippen LogP contribution in [-0.2, 0) is 14.8 Å². The highest BCUT2D eigenvalue weighted by Gasteiger charge is 2.22. The monoisotopic (exact) mass is 476 g/mol. The first kappa shape index (κ1) is 21.6. The first-order valence-electron chi connectivity index (χ1n) is 10.3. The number of carbonyl (C=O) groups is 1. The highest BCUT2D eigenvalue weighted by Crippen LogP contribution is 2.27. The number of fused-ring (bicyclic) bond motifs is 2. The Kier molecular flexibility index (Phi) is 5.05.